The molecular weight excluding hydrogens is 226 g/mol. The molecule has 0 saturated carbocycles. The van der Waals surface area contributed by atoms with Crippen LogP contribution in [0.1, 0.15) is 19.8 Å². The monoisotopic (exact) mass is 245 g/mol. The van der Waals surface area contributed by atoms with Gasteiger partial charge in [0.05, 0.1) is 13.2 Å². The van der Waals surface area contributed by atoms with Crippen LogP contribution in [-0.4, -0.2) is 54.5 Å². The Morgan fingerprint density at radius 2 is 2.06 bits per heavy atom. The van der Waals surface area contributed by atoms with E-state index >= 15 is 0 Å². The fraction of sp³-hybridized carbons (Fsp3) is 0.800. The van der Waals surface area contributed by atoms with Gasteiger partial charge in [-0.05, 0) is 6.42 Å². The SMILES string of the molecule is CCC[C@@H](NC(=O)NN1CCOCC1)C(=O)O. The molecule has 1 atom stereocenters. The number of hydrogen-bond acceptors (Lipinski definition) is 4. The highest BCUT2D eigenvalue weighted by atomic mass is 16.5. The number of hydrazine groups is 1. The summed E-state index contributed by atoms with van der Waals surface area (Å²) in [6.07, 6.45) is 1.13. The molecular formula is C10H19N3O4. The van der Waals surface area contributed by atoms with Crippen LogP contribution in [0.2, 0.25) is 0 Å². The summed E-state index contributed by atoms with van der Waals surface area (Å²) in [5.74, 6) is -1.01. The van der Waals surface area contributed by atoms with E-state index in [0.717, 1.165) is 0 Å². The summed E-state index contributed by atoms with van der Waals surface area (Å²) >= 11 is 0. The lowest BCUT2D eigenvalue weighted by molar-refractivity contribution is -0.139. The Hall–Kier alpha value is -1.34. The summed E-state index contributed by atoms with van der Waals surface area (Å²) in [7, 11) is 0. The zero-order chi connectivity index (χ0) is 12.7. The number of carboxylic acid groups (broad SMARTS) is 1. The van der Waals surface area contributed by atoms with E-state index in [1.165, 1.54) is 0 Å². The van der Waals surface area contributed by atoms with Crippen molar-refractivity contribution in [2.24, 2.45) is 0 Å². The van der Waals surface area contributed by atoms with Crippen molar-refractivity contribution in [3.8, 4) is 0 Å². The van der Waals surface area contributed by atoms with Crippen LogP contribution in [0.25, 0.3) is 0 Å². The fourth-order valence-electron chi connectivity index (χ4n) is 1.56. The van der Waals surface area contributed by atoms with Crippen molar-refractivity contribution < 1.29 is 19.4 Å². The first-order chi connectivity index (χ1) is 8.13. The number of amides is 2. The number of rotatable bonds is 5. The Labute approximate surface area is 100 Å². The number of ether oxygens (including phenoxy) is 1. The lowest BCUT2D eigenvalue weighted by Gasteiger charge is -2.27. The standard InChI is InChI=1S/C10H19N3O4/c1-2-3-8(9(14)15)11-10(16)12-13-4-6-17-7-5-13/h8H,2-7H2,1H3,(H,14,15)(H2,11,12,16)/t8-/m1/s1. The van der Waals surface area contributed by atoms with Crippen molar-refractivity contribution >= 4 is 12.0 Å². The molecule has 1 aliphatic heterocycles. The summed E-state index contributed by atoms with van der Waals surface area (Å²) in [5, 5.41) is 13.0. The molecule has 1 heterocycles. The molecule has 0 aromatic heterocycles. The predicted octanol–water partition coefficient (Wildman–Crippen LogP) is -0.214. The van der Waals surface area contributed by atoms with E-state index in [4.69, 9.17) is 9.84 Å². The quantitative estimate of drug-likeness (QED) is 0.623. The van der Waals surface area contributed by atoms with E-state index in [2.05, 4.69) is 10.7 Å². The van der Waals surface area contributed by atoms with E-state index in [1.54, 1.807) is 5.01 Å². The third-order valence-electron chi connectivity index (χ3n) is 2.45. The maximum absolute atomic E-state index is 11.5. The summed E-state index contributed by atoms with van der Waals surface area (Å²) in [6, 6.07) is -1.31. The van der Waals surface area contributed by atoms with Gasteiger partial charge in [-0.1, -0.05) is 13.3 Å². The molecule has 0 spiro atoms. The van der Waals surface area contributed by atoms with E-state index < -0.39 is 18.0 Å². The van der Waals surface area contributed by atoms with Crippen LogP contribution in [-0.2, 0) is 9.53 Å². The highest BCUT2D eigenvalue weighted by Crippen LogP contribution is 1.97. The zero-order valence-electron chi connectivity index (χ0n) is 9.94. The molecule has 0 radical (unpaired) electrons. The number of aliphatic carboxylic acids is 1. The molecule has 1 rings (SSSR count). The maximum atomic E-state index is 11.5. The molecule has 0 aliphatic carbocycles. The zero-order valence-corrected chi connectivity index (χ0v) is 9.94. The van der Waals surface area contributed by atoms with Crippen LogP contribution in [0.15, 0.2) is 0 Å². The van der Waals surface area contributed by atoms with E-state index in [1.807, 2.05) is 6.92 Å². The van der Waals surface area contributed by atoms with E-state index in [-0.39, 0.29) is 0 Å². The molecule has 0 unspecified atom stereocenters. The first-order valence-electron chi connectivity index (χ1n) is 5.76. The second-order valence-corrected chi connectivity index (χ2v) is 3.86. The average molecular weight is 245 g/mol. The van der Waals surface area contributed by atoms with Crippen molar-refractivity contribution in [1.82, 2.24) is 15.8 Å². The number of morpholine rings is 1. The second-order valence-electron chi connectivity index (χ2n) is 3.86. The molecule has 0 bridgehead atoms. The largest absolute Gasteiger partial charge is 0.480 e. The van der Waals surface area contributed by atoms with Gasteiger partial charge >= 0.3 is 12.0 Å². The Morgan fingerprint density at radius 3 is 2.59 bits per heavy atom. The topological polar surface area (TPSA) is 90.9 Å². The number of carboxylic acids is 1. The smallest absolute Gasteiger partial charge is 0.330 e. The average Bonchev–Trinajstić information content (AvgIpc) is 2.29. The summed E-state index contributed by atoms with van der Waals surface area (Å²) in [4.78, 5) is 22.4. The Balaban J connectivity index is 2.33. The van der Waals surface area contributed by atoms with Gasteiger partial charge < -0.3 is 15.2 Å². The van der Waals surface area contributed by atoms with Crippen molar-refractivity contribution in [2.75, 3.05) is 26.3 Å². The van der Waals surface area contributed by atoms with Crippen molar-refractivity contribution in [2.45, 2.75) is 25.8 Å². The molecule has 1 saturated heterocycles. The van der Waals surface area contributed by atoms with Gasteiger partial charge in [-0.3, -0.25) is 5.43 Å². The molecule has 2 amide bonds. The summed E-state index contributed by atoms with van der Waals surface area (Å²) < 4.78 is 5.13. The molecule has 1 fully saturated rings. The van der Waals surface area contributed by atoms with Gasteiger partial charge in [0.25, 0.3) is 0 Å². The number of nitrogens with zero attached hydrogens (tertiary/aromatic N) is 1. The van der Waals surface area contributed by atoms with Gasteiger partial charge in [0, 0.05) is 13.1 Å². The molecule has 7 nitrogen and oxygen atoms in total. The molecule has 7 heteroatoms. The van der Waals surface area contributed by atoms with Crippen molar-refractivity contribution in [1.29, 1.82) is 0 Å². The summed E-state index contributed by atoms with van der Waals surface area (Å²) in [6.45, 7) is 4.23. The number of hydrogen-bond donors (Lipinski definition) is 3. The first-order valence-corrected chi connectivity index (χ1v) is 5.76. The number of nitrogens with one attached hydrogen (secondary N) is 2. The molecule has 0 aromatic rings. The Bertz CT molecular complexity index is 266. The van der Waals surface area contributed by atoms with Gasteiger partial charge in [-0.15, -0.1) is 0 Å². The van der Waals surface area contributed by atoms with Crippen LogP contribution in [0, 0.1) is 0 Å². The van der Waals surface area contributed by atoms with Crippen LogP contribution >= 0.6 is 0 Å². The molecule has 17 heavy (non-hydrogen) atoms. The molecule has 1 aliphatic rings. The van der Waals surface area contributed by atoms with Gasteiger partial charge in [-0.25, -0.2) is 14.6 Å². The predicted molar refractivity (Wildman–Crippen MR) is 60.4 cm³/mol. The molecule has 0 aromatic carbocycles. The van der Waals surface area contributed by atoms with Crippen molar-refractivity contribution in [3.63, 3.8) is 0 Å². The lowest BCUT2D eigenvalue weighted by atomic mass is 10.2. The third-order valence-corrected chi connectivity index (χ3v) is 2.45. The van der Waals surface area contributed by atoms with Gasteiger partial charge in [0.2, 0.25) is 0 Å². The summed E-state index contributed by atoms with van der Waals surface area (Å²) in [5.41, 5.74) is 2.60. The Morgan fingerprint density at radius 1 is 1.41 bits per heavy atom. The van der Waals surface area contributed by atoms with Gasteiger partial charge in [-0.2, -0.15) is 0 Å². The lowest BCUT2D eigenvalue weighted by Crippen LogP contribution is -2.54. The highest BCUT2D eigenvalue weighted by Gasteiger charge is 2.20. The normalized spacial score (nSPS) is 18.4. The molecule has 3 N–H and O–H groups in total. The third kappa shape index (κ3) is 5.01. The van der Waals surface area contributed by atoms with Crippen molar-refractivity contribution in [3.05, 3.63) is 0 Å². The minimum Gasteiger partial charge on any atom is -0.480 e. The first kappa shape index (κ1) is 13.7. The van der Waals surface area contributed by atoms with Crippen LogP contribution in [0.4, 0.5) is 4.79 Å². The van der Waals surface area contributed by atoms with Crippen LogP contribution in [0.5, 0.6) is 0 Å². The maximum Gasteiger partial charge on any atom is 0.330 e. The molecule has 98 valence electrons. The van der Waals surface area contributed by atoms with Gasteiger partial charge in [0.15, 0.2) is 0 Å². The van der Waals surface area contributed by atoms with Crippen LogP contribution in [0.3, 0.4) is 0 Å². The van der Waals surface area contributed by atoms with E-state index in [9.17, 15) is 9.59 Å². The highest BCUT2D eigenvalue weighted by molar-refractivity contribution is 5.82. The van der Waals surface area contributed by atoms with Gasteiger partial charge in [0.1, 0.15) is 6.04 Å². The van der Waals surface area contributed by atoms with E-state index in [0.29, 0.717) is 39.1 Å². The minimum absolute atomic E-state index is 0.422. The Kier molecular flexibility index (Phi) is 5.71. The second kappa shape index (κ2) is 7.08. The van der Waals surface area contributed by atoms with Crippen LogP contribution < -0.4 is 10.7 Å². The number of carbonyl (C=O) groups is 2. The number of carbonyl (C=O) groups excluding carboxylic acids is 1. The fourth-order valence-corrected chi connectivity index (χ4v) is 1.56. The minimum atomic E-state index is -1.01. The number of urea groups is 1.